The Kier molecular flexibility index (Phi) is 7.15. The number of aliphatic imine (C=N–C) groups is 1. The molecule has 1 aliphatic heterocycles. The van der Waals surface area contributed by atoms with E-state index in [0.29, 0.717) is 5.56 Å². The van der Waals surface area contributed by atoms with Gasteiger partial charge in [-0.25, -0.2) is 0 Å². The lowest BCUT2D eigenvalue weighted by molar-refractivity contribution is -0.384. The highest BCUT2D eigenvalue weighted by Crippen LogP contribution is 2.24. The molecule has 7 nitrogen and oxygen atoms in total. The van der Waals surface area contributed by atoms with Crippen molar-refractivity contribution in [1.82, 2.24) is 4.90 Å². The van der Waals surface area contributed by atoms with Gasteiger partial charge in [-0.3, -0.25) is 15.1 Å². The van der Waals surface area contributed by atoms with E-state index in [4.69, 9.17) is 0 Å². The lowest BCUT2D eigenvalue weighted by Crippen LogP contribution is -2.46. The van der Waals surface area contributed by atoms with Gasteiger partial charge in [-0.15, -0.1) is 12.4 Å². The van der Waals surface area contributed by atoms with Crippen molar-refractivity contribution in [3.05, 3.63) is 58.1 Å². The number of phenols is 1. The summed E-state index contributed by atoms with van der Waals surface area (Å²) in [6.45, 7) is 7.44. The molecule has 0 saturated carbocycles. The minimum absolute atomic E-state index is 0. The van der Waals surface area contributed by atoms with Crippen LogP contribution in [0.2, 0.25) is 0 Å². The molecular weight excluding hydrogens is 368 g/mol. The number of benzene rings is 2. The highest BCUT2D eigenvalue weighted by atomic mass is 35.5. The van der Waals surface area contributed by atoms with E-state index in [1.165, 1.54) is 24.4 Å². The second-order valence-corrected chi connectivity index (χ2v) is 6.20. The number of non-ortho nitro benzene ring substituents is 1. The molecule has 0 aliphatic carbocycles. The second-order valence-electron chi connectivity index (χ2n) is 6.20. The Bertz CT molecular complexity index is 803. The van der Waals surface area contributed by atoms with Crippen LogP contribution >= 0.6 is 12.4 Å². The SMILES string of the molecule is CCN1CCN(c2ccc(N=Cc3cc([N+](=O)[O-])ccc3O)cc2)CC1.Cl. The highest BCUT2D eigenvalue weighted by molar-refractivity contribution is 5.86. The van der Waals surface area contributed by atoms with Crippen molar-refractivity contribution >= 4 is 35.7 Å². The largest absolute Gasteiger partial charge is 0.507 e. The van der Waals surface area contributed by atoms with Crippen LogP contribution in [0.4, 0.5) is 17.1 Å². The van der Waals surface area contributed by atoms with Crippen molar-refractivity contribution in [3.63, 3.8) is 0 Å². The molecule has 3 rings (SSSR count). The van der Waals surface area contributed by atoms with Gasteiger partial charge in [0.25, 0.3) is 5.69 Å². The summed E-state index contributed by atoms with van der Waals surface area (Å²) in [6, 6.07) is 11.8. The molecule has 144 valence electrons. The predicted molar refractivity (Wildman–Crippen MR) is 110 cm³/mol. The van der Waals surface area contributed by atoms with Crippen LogP contribution in [0.25, 0.3) is 0 Å². The lowest BCUT2D eigenvalue weighted by atomic mass is 10.2. The quantitative estimate of drug-likeness (QED) is 0.479. The number of halogens is 1. The van der Waals surface area contributed by atoms with Gasteiger partial charge in [0.1, 0.15) is 5.75 Å². The number of aromatic hydroxyl groups is 1. The van der Waals surface area contributed by atoms with Crippen LogP contribution in [0.3, 0.4) is 0 Å². The first-order valence-electron chi connectivity index (χ1n) is 8.65. The van der Waals surface area contributed by atoms with Gasteiger partial charge in [-0.05, 0) is 36.9 Å². The van der Waals surface area contributed by atoms with Gasteiger partial charge < -0.3 is 14.9 Å². The van der Waals surface area contributed by atoms with Crippen LogP contribution in [0, 0.1) is 10.1 Å². The third-order valence-electron chi connectivity index (χ3n) is 4.61. The number of nitro benzene ring substituents is 1. The molecule has 0 bridgehead atoms. The van der Waals surface area contributed by atoms with E-state index in [9.17, 15) is 15.2 Å². The molecule has 0 atom stereocenters. The molecule has 1 heterocycles. The molecule has 0 aromatic heterocycles. The molecule has 8 heteroatoms. The summed E-state index contributed by atoms with van der Waals surface area (Å²) >= 11 is 0. The van der Waals surface area contributed by atoms with Crippen LogP contribution in [0.15, 0.2) is 47.5 Å². The number of anilines is 1. The van der Waals surface area contributed by atoms with Crippen LogP contribution in [0.5, 0.6) is 5.75 Å². The maximum Gasteiger partial charge on any atom is 0.270 e. The average Bonchev–Trinajstić information content (AvgIpc) is 2.67. The first-order chi connectivity index (χ1) is 12.6. The van der Waals surface area contributed by atoms with Crippen LogP contribution < -0.4 is 4.90 Å². The number of piperazine rings is 1. The topological polar surface area (TPSA) is 82.2 Å². The summed E-state index contributed by atoms with van der Waals surface area (Å²) in [5.74, 6) is -0.0373. The zero-order chi connectivity index (χ0) is 18.5. The maximum absolute atomic E-state index is 10.8. The van der Waals surface area contributed by atoms with E-state index in [1.807, 2.05) is 24.3 Å². The number of phenolic OH excluding ortho intramolecular Hbond substituents is 1. The molecular formula is C19H23ClN4O3. The second kappa shape index (κ2) is 9.34. The summed E-state index contributed by atoms with van der Waals surface area (Å²) < 4.78 is 0. The smallest absolute Gasteiger partial charge is 0.270 e. The van der Waals surface area contributed by atoms with E-state index >= 15 is 0 Å². The minimum Gasteiger partial charge on any atom is -0.507 e. The molecule has 2 aromatic rings. The first kappa shape index (κ1) is 20.7. The van der Waals surface area contributed by atoms with Crippen molar-refractivity contribution in [1.29, 1.82) is 0 Å². The zero-order valence-electron chi connectivity index (χ0n) is 15.1. The fraction of sp³-hybridized carbons (Fsp3) is 0.316. The number of likely N-dealkylation sites (N-methyl/N-ethyl adjacent to an activating group) is 1. The summed E-state index contributed by atoms with van der Waals surface area (Å²) in [6.07, 6.45) is 1.44. The highest BCUT2D eigenvalue weighted by Gasteiger charge is 2.15. The van der Waals surface area contributed by atoms with E-state index < -0.39 is 4.92 Å². The van der Waals surface area contributed by atoms with E-state index in [0.717, 1.165) is 44.1 Å². The molecule has 1 aliphatic rings. The standard InChI is InChI=1S/C19H22N4O3.ClH/c1-2-21-9-11-22(12-10-21)17-5-3-16(4-6-17)20-14-15-13-18(23(25)26)7-8-19(15)24;/h3-8,13-14,24H,2,9-12H2,1H3;1H. The monoisotopic (exact) mass is 390 g/mol. The van der Waals surface area contributed by atoms with E-state index in [1.54, 1.807) is 0 Å². The van der Waals surface area contributed by atoms with Crippen molar-refractivity contribution in [3.8, 4) is 5.75 Å². The van der Waals surface area contributed by atoms with Gasteiger partial charge in [0.15, 0.2) is 0 Å². The van der Waals surface area contributed by atoms with Crippen molar-refractivity contribution in [2.75, 3.05) is 37.6 Å². The Morgan fingerprint density at radius 1 is 1.15 bits per heavy atom. The molecule has 1 saturated heterocycles. The number of hydrogen-bond donors (Lipinski definition) is 1. The van der Waals surface area contributed by atoms with Crippen LogP contribution in [-0.2, 0) is 0 Å². The van der Waals surface area contributed by atoms with Crippen molar-refractivity contribution in [2.24, 2.45) is 4.99 Å². The van der Waals surface area contributed by atoms with Gasteiger partial charge in [0.05, 0.1) is 10.6 Å². The van der Waals surface area contributed by atoms with Crippen LogP contribution in [-0.4, -0.2) is 53.9 Å². The number of nitro groups is 1. The molecule has 0 amide bonds. The fourth-order valence-corrected chi connectivity index (χ4v) is 2.97. The molecule has 0 radical (unpaired) electrons. The Labute approximate surface area is 164 Å². The molecule has 0 unspecified atom stereocenters. The Balaban J connectivity index is 0.00000261. The Morgan fingerprint density at radius 3 is 2.41 bits per heavy atom. The number of nitrogens with zero attached hydrogens (tertiary/aromatic N) is 4. The first-order valence-corrected chi connectivity index (χ1v) is 8.65. The number of rotatable bonds is 5. The maximum atomic E-state index is 10.8. The van der Waals surface area contributed by atoms with E-state index in [-0.39, 0.29) is 23.8 Å². The fourth-order valence-electron chi connectivity index (χ4n) is 2.97. The molecule has 27 heavy (non-hydrogen) atoms. The van der Waals surface area contributed by atoms with E-state index in [2.05, 4.69) is 21.7 Å². The van der Waals surface area contributed by atoms with Gasteiger partial charge in [0, 0.05) is 55.8 Å². The van der Waals surface area contributed by atoms with Crippen LogP contribution in [0.1, 0.15) is 12.5 Å². The van der Waals surface area contributed by atoms with Gasteiger partial charge in [-0.1, -0.05) is 6.92 Å². The average molecular weight is 391 g/mol. The third kappa shape index (κ3) is 5.18. The zero-order valence-corrected chi connectivity index (χ0v) is 15.9. The summed E-state index contributed by atoms with van der Waals surface area (Å²) in [5.41, 5.74) is 2.13. The van der Waals surface area contributed by atoms with Crippen molar-refractivity contribution < 1.29 is 10.0 Å². The minimum atomic E-state index is -0.496. The molecule has 1 fully saturated rings. The normalized spacial score (nSPS) is 14.9. The lowest BCUT2D eigenvalue weighted by Gasteiger charge is -2.35. The molecule has 2 aromatic carbocycles. The predicted octanol–water partition coefficient (Wildman–Crippen LogP) is 3.61. The number of hydrogen-bond acceptors (Lipinski definition) is 6. The van der Waals surface area contributed by atoms with Crippen molar-refractivity contribution in [2.45, 2.75) is 6.92 Å². The Morgan fingerprint density at radius 2 is 1.81 bits per heavy atom. The van der Waals surface area contributed by atoms with Gasteiger partial charge in [0.2, 0.25) is 0 Å². The Hall–Kier alpha value is -2.64. The summed E-state index contributed by atoms with van der Waals surface area (Å²) in [4.78, 5) is 19.4. The summed E-state index contributed by atoms with van der Waals surface area (Å²) in [5, 5.41) is 20.7. The molecule has 0 spiro atoms. The molecule has 1 N–H and O–H groups in total. The summed E-state index contributed by atoms with van der Waals surface area (Å²) in [7, 11) is 0. The van der Waals surface area contributed by atoms with Gasteiger partial charge in [-0.2, -0.15) is 0 Å². The van der Waals surface area contributed by atoms with Gasteiger partial charge >= 0.3 is 0 Å². The third-order valence-corrected chi connectivity index (χ3v) is 4.61.